The third-order valence-corrected chi connectivity index (χ3v) is 3.61. The summed E-state index contributed by atoms with van der Waals surface area (Å²) in [4.78, 5) is 27.6. The Morgan fingerprint density at radius 2 is 1.96 bits per heavy atom. The van der Waals surface area contributed by atoms with Gasteiger partial charge in [-0.25, -0.2) is 4.79 Å². The largest absolute Gasteiger partial charge is 0.485 e. The first-order valence-corrected chi connectivity index (χ1v) is 8.47. The summed E-state index contributed by atoms with van der Waals surface area (Å²) in [5.41, 5.74) is 0.361. The van der Waals surface area contributed by atoms with Gasteiger partial charge >= 0.3 is 5.97 Å². The van der Waals surface area contributed by atoms with Crippen LogP contribution >= 0.6 is 0 Å². The van der Waals surface area contributed by atoms with Crippen molar-refractivity contribution in [1.82, 2.24) is 15.5 Å². The minimum Gasteiger partial charge on any atom is -0.485 e. The van der Waals surface area contributed by atoms with Gasteiger partial charge in [0.2, 0.25) is 11.7 Å². The molecule has 0 fully saturated rings. The van der Waals surface area contributed by atoms with Gasteiger partial charge in [0.1, 0.15) is 11.8 Å². The van der Waals surface area contributed by atoms with Crippen LogP contribution in [0.1, 0.15) is 49.3 Å². The second kappa shape index (κ2) is 8.98. The van der Waals surface area contributed by atoms with Crippen LogP contribution in [0.3, 0.4) is 0 Å². The highest BCUT2D eigenvalue weighted by Gasteiger charge is 2.21. The number of carbonyl (C=O) groups is 2. The first-order chi connectivity index (χ1) is 12.4. The van der Waals surface area contributed by atoms with Crippen molar-refractivity contribution in [2.75, 3.05) is 0 Å². The molecule has 1 aromatic heterocycles. The molecule has 0 aliphatic heterocycles. The minimum absolute atomic E-state index is 0.157. The second-order valence-corrected chi connectivity index (χ2v) is 6.26. The first-order valence-electron chi connectivity index (χ1n) is 8.47. The molecule has 1 atom stereocenters. The summed E-state index contributed by atoms with van der Waals surface area (Å²) in [5.74, 6) is 0.215. The Kier molecular flexibility index (Phi) is 6.71. The van der Waals surface area contributed by atoms with Crippen LogP contribution in [0.4, 0.5) is 0 Å². The summed E-state index contributed by atoms with van der Waals surface area (Å²) in [6.07, 6.45) is 1.03. The SMILES string of the molecule is CCc1nc(COc2ccc(C(=O)N[C@@H](CC(C)C)C(=O)O)cc2)no1. The molecule has 0 spiro atoms. The molecule has 0 saturated carbocycles. The van der Waals surface area contributed by atoms with Gasteiger partial charge < -0.3 is 19.7 Å². The van der Waals surface area contributed by atoms with E-state index in [4.69, 9.17) is 9.26 Å². The van der Waals surface area contributed by atoms with Crippen molar-refractivity contribution >= 4 is 11.9 Å². The molecule has 0 radical (unpaired) electrons. The van der Waals surface area contributed by atoms with Gasteiger partial charge in [0, 0.05) is 12.0 Å². The molecule has 0 aliphatic rings. The molecule has 140 valence electrons. The zero-order chi connectivity index (χ0) is 19.1. The van der Waals surface area contributed by atoms with E-state index >= 15 is 0 Å². The average Bonchev–Trinajstić information content (AvgIpc) is 3.07. The van der Waals surface area contributed by atoms with Gasteiger partial charge in [-0.3, -0.25) is 4.79 Å². The van der Waals surface area contributed by atoms with Crippen LogP contribution in [0.15, 0.2) is 28.8 Å². The zero-order valence-corrected chi connectivity index (χ0v) is 15.1. The van der Waals surface area contributed by atoms with E-state index in [-0.39, 0.29) is 12.5 Å². The number of nitrogens with zero attached hydrogens (tertiary/aromatic N) is 2. The van der Waals surface area contributed by atoms with Crippen molar-refractivity contribution < 1.29 is 24.0 Å². The lowest BCUT2D eigenvalue weighted by molar-refractivity contribution is -0.139. The lowest BCUT2D eigenvalue weighted by atomic mass is 10.0. The van der Waals surface area contributed by atoms with Crippen LogP contribution in [0.2, 0.25) is 0 Å². The lowest BCUT2D eigenvalue weighted by Gasteiger charge is -2.16. The van der Waals surface area contributed by atoms with Crippen molar-refractivity contribution in [3.05, 3.63) is 41.5 Å². The standard InChI is InChI=1S/C18H23N3O5/c1-4-16-20-15(21-26-16)10-25-13-7-5-12(6-8-13)17(22)19-14(18(23)24)9-11(2)3/h5-8,11,14H,4,9-10H2,1-3H3,(H,19,22)(H,23,24)/t14-/m0/s1. The Balaban J connectivity index is 1.92. The quantitative estimate of drug-likeness (QED) is 0.705. The van der Waals surface area contributed by atoms with Gasteiger partial charge in [0.05, 0.1) is 0 Å². The molecule has 2 N–H and O–H groups in total. The average molecular weight is 361 g/mol. The van der Waals surface area contributed by atoms with Gasteiger partial charge in [-0.2, -0.15) is 4.98 Å². The third kappa shape index (κ3) is 5.58. The molecule has 1 amide bonds. The zero-order valence-electron chi connectivity index (χ0n) is 15.1. The molecular weight excluding hydrogens is 338 g/mol. The minimum atomic E-state index is -1.04. The van der Waals surface area contributed by atoms with Crippen molar-refractivity contribution in [1.29, 1.82) is 0 Å². The Morgan fingerprint density at radius 1 is 1.27 bits per heavy atom. The van der Waals surface area contributed by atoms with Crippen LogP contribution in [-0.4, -0.2) is 33.2 Å². The number of carboxylic acids is 1. The van der Waals surface area contributed by atoms with E-state index in [1.165, 1.54) is 0 Å². The molecule has 1 heterocycles. The number of carboxylic acid groups (broad SMARTS) is 1. The summed E-state index contributed by atoms with van der Waals surface area (Å²) in [7, 11) is 0. The van der Waals surface area contributed by atoms with Gasteiger partial charge in [0.25, 0.3) is 5.91 Å². The van der Waals surface area contributed by atoms with Crippen LogP contribution in [0.5, 0.6) is 5.75 Å². The number of nitrogens with one attached hydrogen (secondary N) is 1. The van der Waals surface area contributed by atoms with E-state index < -0.39 is 17.9 Å². The van der Waals surface area contributed by atoms with E-state index in [2.05, 4.69) is 15.5 Å². The molecule has 0 saturated heterocycles. The van der Waals surface area contributed by atoms with Crippen LogP contribution in [-0.2, 0) is 17.8 Å². The predicted molar refractivity (Wildman–Crippen MR) is 92.8 cm³/mol. The van der Waals surface area contributed by atoms with Crippen molar-refractivity contribution in [3.8, 4) is 5.75 Å². The Bertz CT molecular complexity index is 740. The van der Waals surface area contributed by atoms with Crippen LogP contribution in [0.25, 0.3) is 0 Å². The van der Waals surface area contributed by atoms with E-state index in [9.17, 15) is 14.7 Å². The molecular formula is C18H23N3O5. The van der Waals surface area contributed by atoms with Gasteiger partial charge in [-0.1, -0.05) is 25.9 Å². The van der Waals surface area contributed by atoms with Crippen molar-refractivity contribution in [3.63, 3.8) is 0 Å². The Hall–Kier alpha value is -2.90. The van der Waals surface area contributed by atoms with Crippen LogP contribution in [0, 0.1) is 5.92 Å². The maximum atomic E-state index is 12.2. The fourth-order valence-electron chi connectivity index (χ4n) is 2.28. The van der Waals surface area contributed by atoms with E-state index in [0.29, 0.717) is 35.9 Å². The summed E-state index contributed by atoms with van der Waals surface area (Å²) in [6.45, 7) is 5.88. The molecule has 2 rings (SSSR count). The van der Waals surface area contributed by atoms with Crippen molar-refractivity contribution in [2.24, 2.45) is 5.92 Å². The number of aliphatic carboxylic acids is 1. The molecule has 26 heavy (non-hydrogen) atoms. The normalized spacial score (nSPS) is 12.0. The van der Waals surface area contributed by atoms with Crippen molar-refractivity contribution in [2.45, 2.75) is 46.3 Å². The topological polar surface area (TPSA) is 115 Å². The van der Waals surface area contributed by atoms with E-state index in [0.717, 1.165) is 0 Å². The number of aromatic nitrogens is 2. The fourth-order valence-corrected chi connectivity index (χ4v) is 2.28. The monoisotopic (exact) mass is 361 g/mol. The number of hydrogen-bond donors (Lipinski definition) is 2. The third-order valence-electron chi connectivity index (χ3n) is 3.61. The smallest absolute Gasteiger partial charge is 0.326 e. The highest BCUT2D eigenvalue weighted by molar-refractivity contribution is 5.96. The molecule has 8 heteroatoms. The molecule has 8 nitrogen and oxygen atoms in total. The number of carbonyl (C=O) groups excluding carboxylic acids is 1. The molecule has 0 aliphatic carbocycles. The summed E-state index contributed by atoms with van der Waals surface area (Å²) >= 11 is 0. The lowest BCUT2D eigenvalue weighted by Crippen LogP contribution is -2.41. The maximum absolute atomic E-state index is 12.2. The highest BCUT2D eigenvalue weighted by Crippen LogP contribution is 2.14. The van der Waals surface area contributed by atoms with Crippen LogP contribution < -0.4 is 10.1 Å². The van der Waals surface area contributed by atoms with E-state index in [1.807, 2.05) is 20.8 Å². The molecule has 2 aromatic rings. The first kappa shape index (κ1) is 19.4. The highest BCUT2D eigenvalue weighted by atomic mass is 16.5. The number of aryl methyl sites for hydroxylation is 1. The summed E-state index contributed by atoms with van der Waals surface area (Å²) in [6, 6.07) is 5.51. The summed E-state index contributed by atoms with van der Waals surface area (Å²) in [5, 5.41) is 15.5. The summed E-state index contributed by atoms with van der Waals surface area (Å²) < 4.78 is 10.5. The number of hydrogen-bond acceptors (Lipinski definition) is 6. The second-order valence-electron chi connectivity index (χ2n) is 6.26. The van der Waals surface area contributed by atoms with Gasteiger partial charge in [-0.15, -0.1) is 0 Å². The molecule has 1 aromatic carbocycles. The number of benzene rings is 1. The number of ether oxygens (including phenoxy) is 1. The predicted octanol–water partition coefficient (Wildman–Crippen LogP) is 2.44. The Labute approximate surface area is 151 Å². The number of rotatable bonds is 9. The fraction of sp³-hybridized carbons (Fsp3) is 0.444. The van der Waals surface area contributed by atoms with Gasteiger partial charge in [0.15, 0.2) is 6.61 Å². The number of amides is 1. The molecule has 0 unspecified atom stereocenters. The molecule has 0 bridgehead atoms. The Morgan fingerprint density at radius 3 is 2.50 bits per heavy atom. The van der Waals surface area contributed by atoms with E-state index in [1.54, 1.807) is 24.3 Å². The maximum Gasteiger partial charge on any atom is 0.326 e. The van der Waals surface area contributed by atoms with Gasteiger partial charge in [-0.05, 0) is 36.6 Å².